The van der Waals surface area contributed by atoms with Crippen molar-refractivity contribution < 1.29 is 14.3 Å². The molecular weight excluding hydrogens is 691 g/mol. The summed E-state index contributed by atoms with van der Waals surface area (Å²) in [5, 5.41) is 15.7. The molecule has 3 aromatic carbocycles. The Labute approximate surface area is 320 Å². The van der Waals surface area contributed by atoms with E-state index in [-0.39, 0.29) is 11.9 Å². The van der Waals surface area contributed by atoms with Crippen LogP contribution in [0.15, 0.2) is 79.1 Å². The van der Waals surface area contributed by atoms with Crippen molar-refractivity contribution in [3.63, 3.8) is 0 Å². The Hall–Kier alpha value is -5.88. The fourth-order valence-corrected chi connectivity index (χ4v) is 8.62. The molecule has 3 saturated heterocycles. The Balaban J connectivity index is 0.789. The number of amides is 3. The number of piperidine rings is 2. The first-order valence-corrected chi connectivity index (χ1v) is 19.4. The number of aromatic nitrogens is 3. The van der Waals surface area contributed by atoms with Crippen molar-refractivity contribution in [2.75, 3.05) is 61.0 Å². The summed E-state index contributed by atoms with van der Waals surface area (Å²) in [5.74, 6) is 1.35. The lowest BCUT2D eigenvalue weighted by Crippen LogP contribution is -2.49. The molecule has 0 atom stereocenters. The minimum Gasteiger partial charge on any atom is -0.474 e. The Morgan fingerprint density at radius 1 is 0.855 bits per heavy atom. The van der Waals surface area contributed by atoms with Gasteiger partial charge in [-0.3, -0.25) is 20.4 Å². The number of fused-ring (bicyclic) bond motifs is 2. The van der Waals surface area contributed by atoms with Crippen molar-refractivity contribution >= 4 is 45.6 Å². The molecule has 0 bridgehead atoms. The number of rotatable bonds is 7. The van der Waals surface area contributed by atoms with Crippen LogP contribution in [-0.4, -0.2) is 89.4 Å². The molecule has 0 saturated carbocycles. The van der Waals surface area contributed by atoms with Crippen molar-refractivity contribution in [3.05, 3.63) is 102 Å². The fourth-order valence-electron chi connectivity index (χ4n) is 8.62. The minimum absolute atomic E-state index is 0.217. The highest BCUT2D eigenvalue weighted by Gasteiger charge is 2.30. The van der Waals surface area contributed by atoms with Gasteiger partial charge in [0.2, 0.25) is 11.8 Å². The molecule has 6 heterocycles. The maximum Gasteiger partial charge on any atom is 0.328 e. The average Bonchev–Trinajstić information content (AvgIpc) is 3.23. The molecule has 4 aliphatic heterocycles. The van der Waals surface area contributed by atoms with Gasteiger partial charge in [0.25, 0.3) is 0 Å². The maximum atomic E-state index is 12.2. The highest BCUT2D eigenvalue weighted by molar-refractivity contribution is 6.09. The van der Waals surface area contributed by atoms with Gasteiger partial charge in [-0.2, -0.15) is 0 Å². The summed E-state index contributed by atoms with van der Waals surface area (Å²) in [4.78, 5) is 44.5. The number of anilines is 3. The summed E-state index contributed by atoms with van der Waals surface area (Å²) < 4.78 is 5.72. The second kappa shape index (κ2) is 14.7. The van der Waals surface area contributed by atoms with Gasteiger partial charge >= 0.3 is 6.03 Å². The number of hydrogen-bond acceptors (Lipinski definition) is 10. The molecule has 3 amide bonds. The molecule has 0 radical (unpaired) electrons. The van der Waals surface area contributed by atoms with Crippen LogP contribution in [0.4, 0.5) is 21.9 Å². The van der Waals surface area contributed by atoms with Crippen LogP contribution in [-0.2, 0) is 4.79 Å². The summed E-state index contributed by atoms with van der Waals surface area (Å²) in [7, 11) is 0. The van der Waals surface area contributed by atoms with Crippen molar-refractivity contribution in [1.29, 1.82) is 5.41 Å². The van der Waals surface area contributed by atoms with Gasteiger partial charge in [0.1, 0.15) is 18.0 Å². The Bertz CT molecular complexity index is 2260. The normalized spacial score (nSPS) is 18.4. The monoisotopic (exact) mass is 735 g/mol. The summed E-state index contributed by atoms with van der Waals surface area (Å²) in [6, 6.07) is 23.0. The molecule has 3 N–H and O–H groups in total. The quantitative estimate of drug-likeness (QED) is 0.160. The molecule has 12 nitrogen and oxygen atoms in total. The molecule has 2 aromatic heterocycles. The zero-order valence-electron chi connectivity index (χ0n) is 31.1. The highest BCUT2D eigenvalue weighted by atomic mass is 16.5. The van der Waals surface area contributed by atoms with Crippen molar-refractivity contribution in [1.82, 2.24) is 25.2 Å². The number of urea groups is 1. The number of nitrogens with zero attached hydrogens (tertiary/aromatic N) is 6. The lowest BCUT2D eigenvalue weighted by molar-refractivity contribution is -0.120. The van der Waals surface area contributed by atoms with Gasteiger partial charge < -0.3 is 19.9 Å². The van der Waals surface area contributed by atoms with Crippen LogP contribution in [0.2, 0.25) is 0 Å². The summed E-state index contributed by atoms with van der Waals surface area (Å²) in [5.41, 5.74) is 9.31. The standard InChI is InChI=1S/C43H45N9O3/c1-27-36(26-47-42-40(27)45-17-23-55-42)31-6-7-32-25-46-41(48-37(32)24-31)39(44)30-4-2-28(3-5-30)29-12-18-50(19-13-29)34-14-20-51(21-15-34)33-8-10-35(11-9-33)52-22-16-38(53)49-43(52)54/h2-11,24-26,29,34,44-45H,12-23H2,1H3,(H,49,53,54). The van der Waals surface area contributed by atoms with Crippen LogP contribution in [0.3, 0.4) is 0 Å². The van der Waals surface area contributed by atoms with Crippen LogP contribution in [0, 0.1) is 12.3 Å². The van der Waals surface area contributed by atoms with E-state index < -0.39 is 0 Å². The third-order valence-electron chi connectivity index (χ3n) is 11.8. The summed E-state index contributed by atoms with van der Waals surface area (Å²) in [6.45, 7) is 8.08. The highest BCUT2D eigenvalue weighted by Crippen LogP contribution is 2.36. The van der Waals surface area contributed by atoms with Gasteiger partial charge in [-0.25, -0.2) is 19.7 Å². The zero-order chi connectivity index (χ0) is 37.5. The first kappa shape index (κ1) is 34.9. The Morgan fingerprint density at radius 2 is 1.62 bits per heavy atom. The molecule has 12 heteroatoms. The fraction of sp³-hybridized carbons (Fsp3) is 0.349. The largest absolute Gasteiger partial charge is 0.474 e. The number of carbonyl (C=O) groups excluding carboxylic acids is 2. The van der Waals surface area contributed by atoms with E-state index in [0.717, 1.165) is 103 Å². The molecular formula is C43H45N9O3. The smallest absolute Gasteiger partial charge is 0.328 e. The number of ether oxygens (including phenoxy) is 1. The Kier molecular flexibility index (Phi) is 9.35. The SMILES string of the molecule is Cc1c(-c2ccc3cnc(C(=N)c4ccc(C5CCN(C6CCN(c7ccc(N8CCC(=O)NC8=O)cc7)CC6)CC5)cc4)nc3c2)cnc2c1NCCO2. The molecule has 3 fully saturated rings. The van der Waals surface area contributed by atoms with Crippen LogP contribution in [0.1, 0.15) is 60.5 Å². The molecule has 4 aliphatic rings. The van der Waals surface area contributed by atoms with Gasteiger partial charge in [-0.05, 0) is 98.6 Å². The predicted molar refractivity (Wildman–Crippen MR) is 215 cm³/mol. The molecule has 55 heavy (non-hydrogen) atoms. The third kappa shape index (κ3) is 6.98. The van der Waals surface area contributed by atoms with Crippen LogP contribution in [0.25, 0.3) is 22.0 Å². The number of hydrogen-bond donors (Lipinski definition) is 3. The van der Waals surface area contributed by atoms with Crippen molar-refractivity contribution in [2.24, 2.45) is 0 Å². The van der Waals surface area contributed by atoms with E-state index in [4.69, 9.17) is 15.1 Å². The first-order valence-electron chi connectivity index (χ1n) is 19.4. The van der Waals surface area contributed by atoms with E-state index in [2.05, 4.69) is 85.9 Å². The predicted octanol–water partition coefficient (Wildman–Crippen LogP) is 6.52. The molecule has 280 valence electrons. The molecule has 5 aromatic rings. The van der Waals surface area contributed by atoms with E-state index in [0.29, 0.717) is 48.9 Å². The topological polar surface area (TPSA) is 140 Å². The minimum atomic E-state index is -0.349. The summed E-state index contributed by atoms with van der Waals surface area (Å²) >= 11 is 0. The second-order valence-electron chi connectivity index (χ2n) is 15.0. The second-order valence-corrected chi connectivity index (χ2v) is 15.0. The van der Waals surface area contributed by atoms with Crippen LogP contribution < -0.4 is 25.2 Å². The van der Waals surface area contributed by atoms with Gasteiger partial charge in [0.05, 0.1) is 5.52 Å². The van der Waals surface area contributed by atoms with E-state index in [1.807, 2.05) is 24.4 Å². The number of benzene rings is 3. The molecule has 0 spiro atoms. The number of nitrogens with one attached hydrogen (secondary N) is 3. The lowest BCUT2D eigenvalue weighted by atomic mass is 9.87. The van der Waals surface area contributed by atoms with Crippen LogP contribution in [0.5, 0.6) is 5.88 Å². The third-order valence-corrected chi connectivity index (χ3v) is 11.8. The summed E-state index contributed by atoms with van der Waals surface area (Å²) in [6.07, 6.45) is 8.52. The van der Waals surface area contributed by atoms with Crippen molar-refractivity contribution in [2.45, 2.75) is 51.0 Å². The molecule has 9 rings (SSSR count). The zero-order valence-corrected chi connectivity index (χ0v) is 31.1. The number of imide groups is 1. The molecule has 0 unspecified atom stereocenters. The van der Waals surface area contributed by atoms with Gasteiger partial charge in [-0.15, -0.1) is 0 Å². The van der Waals surface area contributed by atoms with Gasteiger partial charge in [0.15, 0.2) is 5.82 Å². The average molecular weight is 736 g/mol. The lowest BCUT2D eigenvalue weighted by Gasteiger charge is -2.42. The Morgan fingerprint density at radius 3 is 2.38 bits per heavy atom. The van der Waals surface area contributed by atoms with E-state index in [1.54, 1.807) is 11.1 Å². The maximum absolute atomic E-state index is 12.2. The molecule has 0 aliphatic carbocycles. The van der Waals surface area contributed by atoms with E-state index in [9.17, 15) is 9.59 Å². The van der Waals surface area contributed by atoms with Gasteiger partial charge in [-0.1, -0.05) is 36.4 Å². The number of pyridine rings is 1. The van der Waals surface area contributed by atoms with Crippen molar-refractivity contribution in [3.8, 4) is 17.0 Å². The first-order chi connectivity index (χ1) is 26.9. The number of likely N-dealkylation sites (tertiary alicyclic amines) is 1. The van der Waals surface area contributed by atoms with E-state index >= 15 is 0 Å². The number of carbonyl (C=O) groups is 2. The van der Waals surface area contributed by atoms with Gasteiger partial charge in [0, 0.05) is 78.9 Å². The van der Waals surface area contributed by atoms with E-state index in [1.165, 1.54) is 11.3 Å². The van der Waals surface area contributed by atoms with Crippen LogP contribution >= 0.6 is 0 Å².